The second kappa shape index (κ2) is 5.15. The number of pyridine rings is 1. The Hall–Kier alpha value is -1.45. The molecule has 2 aromatic rings. The van der Waals surface area contributed by atoms with Gasteiger partial charge in [0.05, 0.1) is 5.52 Å². The van der Waals surface area contributed by atoms with E-state index in [4.69, 9.17) is 0 Å². The maximum Gasteiger partial charge on any atom is 0.0705 e. The third-order valence-corrected chi connectivity index (χ3v) is 4.95. The van der Waals surface area contributed by atoms with Crippen LogP contribution in [0.1, 0.15) is 18.4 Å². The van der Waals surface area contributed by atoms with Gasteiger partial charge in [-0.15, -0.1) is 0 Å². The molecule has 0 radical (unpaired) electrons. The zero-order valence-corrected chi connectivity index (χ0v) is 11.8. The van der Waals surface area contributed by atoms with E-state index in [0.717, 1.165) is 18.0 Å². The van der Waals surface area contributed by atoms with E-state index in [1.807, 2.05) is 6.20 Å². The number of nitrogens with one attached hydrogen (secondary N) is 1. The fourth-order valence-electron chi connectivity index (χ4n) is 3.75. The van der Waals surface area contributed by atoms with E-state index in [1.54, 1.807) is 0 Å². The first-order chi connectivity index (χ1) is 9.90. The number of benzene rings is 1. The number of nitrogens with zero attached hydrogens (tertiary/aromatic N) is 2. The molecule has 3 saturated heterocycles. The molecule has 1 aromatic heterocycles. The van der Waals surface area contributed by atoms with Crippen molar-refractivity contribution >= 4 is 10.9 Å². The molecule has 0 saturated carbocycles. The summed E-state index contributed by atoms with van der Waals surface area (Å²) < 4.78 is 0. The van der Waals surface area contributed by atoms with Crippen molar-refractivity contribution in [3.05, 3.63) is 42.1 Å². The van der Waals surface area contributed by atoms with Crippen molar-refractivity contribution in [2.45, 2.75) is 25.4 Å². The molecule has 0 aliphatic carbocycles. The number of fused-ring (bicyclic) bond motifs is 4. The molecule has 1 N–H and O–H groups in total. The Bertz CT molecular complexity index is 597. The third-order valence-electron chi connectivity index (χ3n) is 4.95. The van der Waals surface area contributed by atoms with Crippen LogP contribution in [0, 0.1) is 5.92 Å². The highest BCUT2D eigenvalue weighted by Gasteiger charge is 2.33. The maximum absolute atomic E-state index is 4.44. The highest BCUT2D eigenvalue weighted by atomic mass is 15.2. The Kier molecular flexibility index (Phi) is 3.17. The SMILES string of the molecule is c1ccc2c(CNC3CN4CCC3CC4)ccnc2c1. The van der Waals surface area contributed by atoms with Gasteiger partial charge in [0.25, 0.3) is 0 Å². The highest BCUT2D eigenvalue weighted by molar-refractivity contribution is 5.81. The van der Waals surface area contributed by atoms with E-state index in [9.17, 15) is 0 Å². The number of rotatable bonds is 3. The molecule has 2 bridgehead atoms. The zero-order chi connectivity index (χ0) is 13.4. The zero-order valence-electron chi connectivity index (χ0n) is 11.8. The second-order valence-electron chi connectivity index (χ2n) is 6.11. The van der Waals surface area contributed by atoms with E-state index in [-0.39, 0.29) is 0 Å². The lowest BCUT2D eigenvalue weighted by molar-refractivity contribution is 0.0720. The van der Waals surface area contributed by atoms with Crippen LogP contribution in [0.25, 0.3) is 10.9 Å². The molecule has 1 atom stereocenters. The van der Waals surface area contributed by atoms with Gasteiger partial charge in [-0.2, -0.15) is 0 Å². The number of hydrogen-bond donors (Lipinski definition) is 1. The van der Waals surface area contributed by atoms with Crippen LogP contribution < -0.4 is 5.32 Å². The summed E-state index contributed by atoms with van der Waals surface area (Å²) in [4.78, 5) is 7.04. The molecule has 5 rings (SSSR count). The number of aromatic nitrogens is 1. The minimum atomic E-state index is 0.671. The van der Waals surface area contributed by atoms with Gasteiger partial charge in [-0.1, -0.05) is 18.2 Å². The normalized spacial score (nSPS) is 28.9. The summed E-state index contributed by atoms with van der Waals surface area (Å²) in [5.41, 5.74) is 2.47. The van der Waals surface area contributed by atoms with E-state index in [2.05, 4.69) is 45.5 Å². The molecular weight excluding hydrogens is 246 g/mol. The van der Waals surface area contributed by atoms with Crippen LogP contribution in [-0.4, -0.2) is 35.6 Å². The molecule has 3 aliphatic heterocycles. The summed E-state index contributed by atoms with van der Waals surface area (Å²) in [5.74, 6) is 0.883. The molecule has 3 heteroatoms. The Morgan fingerprint density at radius 2 is 2.00 bits per heavy atom. The second-order valence-corrected chi connectivity index (χ2v) is 6.11. The van der Waals surface area contributed by atoms with Crippen molar-refractivity contribution in [1.82, 2.24) is 15.2 Å². The number of para-hydroxylation sites is 1. The van der Waals surface area contributed by atoms with Crippen LogP contribution in [0.5, 0.6) is 0 Å². The predicted molar refractivity (Wildman–Crippen MR) is 81.5 cm³/mol. The van der Waals surface area contributed by atoms with Crippen molar-refractivity contribution in [3.8, 4) is 0 Å². The smallest absolute Gasteiger partial charge is 0.0705 e. The van der Waals surface area contributed by atoms with Crippen LogP contribution in [0.2, 0.25) is 0 Å². The van der Waals surface area contributed by atoms with Crippen LogP contribution in [0.4, 0.5) is 0 Å². The fraction of sp³-hybridized carbons (Fsp3) is 0.471. The molecule has 3 nitrogen and oxygen atoms in total. The number of piperidine rings is 3. The molecule has 104 valence electrons. The third kappa shape index (κ3) is 2.21. The van der Waals surface area contributed by atoms with Crippen molar-refractivity contribution in [1.29, 1.82) is 0 Å². The highest BCUT2D eigenvalue weighted by Crippen LogP contribution is 2.28. The van der Waals surface area contributed by atoms with Gasteiger partial charge in [0.15, 0.2) is 0 Å². The van der Waals surface area contributed by atoms with Gasteiger partial charge in [-0.3, -0.25) is 4.98 Å². The lowest BCUT2D eigenvalue weighted by atomic mass is 9.84. The molecule has 3 aliphatic rings. The maximum atomic E-state index is 4.44. The molecule has 4 heterocycles. The summed E-state index contributed by atoms with van der Waals surface area (Å²) in [5, 5.41) is 5.07. The van der Waals surface area contributed by atoms with Crippen LogP contribution in [-0.2, 0) is 6.54 Å². The predicted octanol–water partition coefficient (Wildman–Crippen LogP) is 2.42. The average molecular weight is 267 g/mol. The minimum absolute atomic E-state index is 0.671. The van der Waals surface area contributed by atoms with Gasteiger partial charge in [0.2, 0.25) is 0 Å². The Labute approximate surface area is 120 Å². The monoisotopic (exact) mass is 267 g/mol. The van der Waals surface area contributed by atoms with Gasteiger partial charge >= 0.3 is 0 Å². The summed E-state index contributed by atoms with van der Waals surface area (Å²) >= 11 is 0. The first-order valence-electron chi connectivity index (χ1n) is 7.68. The van der Waals surface area contributed by atoms with Crippen molar-refractivity contribution in [2.75, 3.05) is 19.6 Å². The molecule has 0 amide bonds. The van der Waals surface area contributed by atoms with E-state index < -0.39 is 0 Å². The lowest BCUT2D eigenvalue weighted by Crippen LogP contribution is -2.55. The Morgan fingerprint density at radius 3 is 2.80 bits per heavy atom. The first kappa shape index (κ1) is 12.3. The van der Waals surface area contributed by atoms with Crippen molar-refractivity contribution in [3.63, 3.8) is 0 Å². The Balaban J connectivity index is 1.51. The van der Waals surface area contributed by atoms with Crippen LogP contribution >= 0.6 is 0 Å². The fourth-order valence-corrected chi connectivity index (χ4v) is 3.75. The summed E-state index contributed by atoms with van der Waals surface area (Å²) in [7, 11) is 0. The molecule has 0 spiro atoms. The van der Waals surface area contributed by atoms with Gasteiger partial charge in [0, 0.05) is 30.7 Å². The molecule has 1 aromatic carbocycles. The van der Waals surface area contributed by atoms with Crippen molar-refractivity contribution < 1.29 is 0 Å². The van der Waals surface area contributed by atoms with Gasteiger partial charge in [-0.25, -0.2) is 0 Å². The summed E-state index contributed by atoms with van der Waals surface area (Å²) in [6.45, 7) is 4.80. The average Bonchev–Trinajstić information content (AvgIpc) is 2.54. The standard InChI is InChI=1S/C17H21N3/c1-2-4-16-15(3-1)14(5-8-18-16)11-19-17-12-20-9-6-13(17)7-10-20/h1-5,8,13,17,19H,6-7,9-12H2. The van der Waals surface area contributed by atoms with Crippen molar-refractivity contribution in [2.24, 2.45) is 5.92 Å². The van der Waals surface area contributed by atoms with Gasteiger partial charge < -0.3 is 10.2 Å². The quantitative estimate of drug-likeness (QED) is 0.925. The van der Waals surface area contributed by atoms with Crippen LogP contribution in [0.3, 0.4) is 0 Å². The molecule has 20 heavy (non-hydrogen) atoms. The van der Waals surface area contributed by atoms with Gasteiger partial charge in [0.1, 0.15) is 0 Å². The van der Waals surface area contributed by atoms with Crippen LogP contribution in [0.15, 0.2) is 36.5 Å². The molecular formula is C17H21N3. The summed E-state index contributed by atoms with van der Waals surface area (Å²) in [6, 6.07) is 11.2. The van der Waals surface area contributed by atoms with Gasteiger partial charge in [-0.05, 0) is 49.5 Å². The van der Waals surface area contributed by atoms with E-state index in [0.29, 0.717) is 6.04 Å². The first-order valence-corrected chi connectivity index (χ1v) is 7.68. The largest absolute Gasteiger partial charge is 0.308 e. The molecule has 3 fully saturated rings. The summed E-state index contributed by atoms with van der Waals surface area (Å²) in [6.07, 6.45) is 4.67. The minimum Gasteiger partial charge on any atom is -0.308 e. The molecule has 1 unspecified atom stereocenters. The van der Waals surface area contributed by atoms with E-state index >= 15 is 0 Å². The lowest BCUT2D eigenvalue weighted by Gasteiger charge is -2.45. The topological polar surface area (TPSA) is 28.2 Å². The van der Waals surface area contributed by atoms with E-state index in [1.165, 1.54) is 43.4 Å². The number of hydrogen-bond acceptors (Lipinski definition) is 3. The Morgan fingerprint density at radius 1 is 1.15 bits per heavy atom.